The average molecular weight is 459 g/mol. The summed E-state index contributed by atoms with van der Waals surface area (Å²) in [6, 6.07) is 9.41. The first-order valence-electron chi connectivity index (χ1n) is 9.21. The Labute approximate surface area is 179 Å². The van der Waals surface area contributed by atoms with Gasteiger partial charge in [-0.2, -0.15) is 0 Å². The third-order valence-electron chi connectivity index (χ3n) is 4.90. The van der Waals surface area contributed by atoms with E-state index in [2.05, 4.69) is 9.62 Å². The molecule has 3 rings (SSSR count). The van der Waals surface area contributed by atoms with Crippen molar-refractivity contribution in [3.63, 3.8) is 0 Å². The van der Waals surface area contributed by atoms with Gasteiger partial charge < -0.3 is 0 Å². The Kier molecular flexibility index (Phi) is 7.13. The molecule has 0 amide bonds. The maximum atomic E-state index is 12.3. The zero-order valence-electron chi connectivity index (χ0n) is 15.6. The lowest BCUT2D eigenvalue weighted by atomic mass is 9.99. The summed E-state index contributed by atoms with van der Waals surface area (Å²) in [7, 11) is -3.62. The van der Waals surface area contributed by atoms with Crippen LogP contribution in [-0.2, 0) is 23.0 Å². The van der Waals surface area contributed by atoms with Crippen LogP contribution in [0.2, 0.25) is 10.0 Å². The number of fused-ring (bicyclic) bond motifs is 1. The van der Waals surface area contributed by atoms with Crippen LogP contribution in [0, 0.1) is 4.91 Å². The number of unbranched alkanes of at least 4 members (excludes halogenated alkanes) is 1. The van der Waals surface area contributed by atoms with E-state index in [4.69, 9.17) is 28.4 Å². The van der Waals surface area contributed by atoms with Crippen LogP contribution in [0.5, 0.6) is 0 Å². The minimum atomic E-state index is -3.62. The first-order valence-corrected chi connectivity index (χ1v) is 11.5. The number of sulfonamides is 1. The number of nitrogens with one attached hydrogen (secondary N) is 1. The maximum Gasteiger partial charge on any atom is 0.316 e. The first kappa shape index (κ1) is 22.0. The monoisotopic (exact) mass is 458 g/mol. The van der Waals surface area contributed by atoms with Gasteiger partial charge in [0.1, 0.15) is 0 Å². The third kappa shape index (κ3) is 5.67. The molecule has 0 bridgehead atoms. The Morgan fingerprint density at radius 3 is 2.59 bits per heavy atom. The standard InChI is InChI=1S/C19H22Cl2N3O4S/c20-18-6-5-17(12-19(18)21)29(27,28)22-8-1-2-9-23-10-7-14-3-4-16(24(25)26)11-15(14)13-23/h3-6,11-12,22H,1-2,7-10,13H2,(H,25,26)/q+1. The molecule has 0 saturated carbocycles. The van der Waals surface area contributed by atoms with Gasteiger partial charge in [0, 0.05) is 31.8 Å². The number of benzene rings is 2. The summed E-state index contributed by atoms with van der Waals surface area (Å²) in [4.78, 5) is 13.3. The highest BCUT2D eigenvalue weighted by Gasteiger charge is 2.20. The number of hydrogen-bond donors (Lipinski definition) is 2. The molecule has 7 nitrogen and oxygen atoms in total. The molecule has 156 valence electrons. The molecule has 0 unspecified atom stereocenters. The summed E-state index contributed by atoms with van der Waals surface area (Å²) < 4.78 is 27.2. The average Bonchev–Trinajstić information content (AvgIpc) is 2.69. The molecule has 1 aliphatic rings. The Balaban J connectivity index is 1.45. The summed E-state index contributed by atoms with van der Waals surface area (Å²) >= 11 is 11.7. The minimum absolute atomic E-state index is 0.0895. The lowest BCUT2D eigenvalue weighted by Gasteiger charge is -2.28. The molecule has 0 atom stereocenters. The second-order valence-corrected chi connectivity index (χ2v) is 9.51. The lowest BCUT2D eigenvalue weighted by molar-refractivity contribution is -0.729. The van der Waals surface area contributed by atoms with Crippen molar-refractivity contribution in [1.29, 1.82) is 0 Å². The van der Waals surface area contributed by atoms with E-state index in [1.165, 1.54) is 23.8 Å². The van der Waals surface area contributed by atoms with Gasteiger partial charge in [0.05, 0.1) is 19.8 Å². The van der Waals surface area contributed by atoms with Gasteiger partial charge in [-0.1, -0.05) is 29.3 Å². The molecule has 0 saturated heterocycles. The molecule has 10 heteroatoms. The number of nitrogens with zero attached hydrogens (tertiary/aromatic N) is 2. The van der Waals surface area contributed by atoms with Gasteiger partial charge in [0.15, 0.2) is 0 Å². The molecule has 1 heterocycles. The van der Waals surface area contributed by atoms with Crippen LogP contribution in [0.25, 0.3) is 0 Å². The SMILES string of the molecule is O=[N+](O)c1ccc2c(c1)CN(CCCCNS(=O)(=O)c1ccc(Cl)c(Cl)c1)CC2. The van der Waals surface area contributed by atoms with Gasteiger partial charge in [0.2, 0.25) is 10.0 Å². The summed E-state index contributed by atoms with van der Waals surface area (Å²) in [5.74, 6) is 0. The van der Waals surface area contributed by atoms with Crippen LogP contribution in [0.3, 0.4) is 0 Å². The Morgan fingerprint density at radius 2 is 1.86 bits per heavy atom. The van der Waals surface area contributed by atoms with Gasteiger partial charge in [0.25, 0.3) is 4.92 Å². The summed E-state index contributed by atoms with van der Waals surface area (Å²) in [5, 5.41) is 9.57. The van der Waals surface area contributed by atoms with Crippen molar-refractivity contribution in [2.45, 2.75) is 30.7 Å². The van der Waals surface area contributed by atoms with Gasteiger partial charge in [-0.05, 0) is 55.1 Å². The second-order valence-electron chi connectivity index (χ2n) is 6.93. The van der Waals surface area contributed by atoms with Crippen molar-refractivity contribution >= 4 is 38.9 Å². The predicted octanol–water partition coefficient (Wildman–Crippen LogP) is 3.91. The molecule has 0 radical (unpaired) electrons. The van der Waals surface area contributed by atoms with E-state index in [0.717, 1.165) is 31.5 Å². The first-order chi connectivity index (χ1) is 13.8. The molecule has 0 aliphatic carbocycles. The van der Waals surface area contributed by atoms with Crippen LogP contribution >= 0.6 is 23.2 Å². The highest BCUT2D eigenvalue weighted by Crippen LogP contribution is 2.25. The summed E-state index contributed by atoms with van der Waals surface area (Å²) in [5.41, 5.74) is 2.44. The van der Waals surface area contributed by atoms with E-state index in [-0.39, 0.29) is 20.5 Å². The van der Waals surface area contributed by atoms with Crippen molar-refractivity contribution in [2.75, 3.05) is 19.6 Å². The largest absolute Gasteiger partial charge is 0.316 e. The van der Waals surface area contributed by atoms with Crippen molar-refractivity contribution in [1.82, 2.24) is 9.62 Å². The van der Waals surface area contributed by atoms with E-state index in [9.17, 15) is 13.3 Å². The quantitative estimate of drug-likeness (QED) is 0.462. The Morgan fingerprint density at radius 1 is 1.07 bits per heavy atom. The highest BCUT2D eigenvalue weighted by atomic mass is 35.5. The van der Waals surface area contributed by atoms with E-state index in [1.54, 1.807) is 12.1 Å². The zero-order valence-corrected chi connectivity index (χ0v) is 18.0. The van der Waals surface area contributed by atoms with Crippen LogP contribution in [0.4, 0.5) is 5.69 Å². The fourth-order valence-electron chi connectivity index (χ4n) is 3.31. The van der Waals surface area contributed by atoms with Crippen LogP contribution in [0.15, 0.2) is 41.3 Å². The van der Waals surface area contributed by atoms with Crippen molar-refractivity contribution in [2.24, 2.45) is 0 Å². The summed E-state index contributed by atoms with van der Waals surface area (Å²) in [6.07, 6.45) is 2.39. The Hall–Kier alpha value is -1.71. The van der Waals surface area contributed by atoms with E-state index < -0.39 is 10.0 Å². The number of rotatable bonds is 8. The maximum absolute atomic E-state index is 12.3. The van der Waals surface area contributed by atoms with Crippen LogP contribution in [-0.4, -0.2) is 43.1 Å². The van der Waals surface area contributed by atoms with E-state index >= 15 is 0 Å². The van der Waals surface area contributed by atoms with Crippen molar-refractivity contribution in [3.05, 3.63) is 62.5 Å². The van der Waals surface area contributed by atoms with Gasteiger partial charge in [-0.15, -0.1) is 0 Å². The smallest absolute Gasteiger partial charge is 0.299 e. The van der Waals surface area contributed by atoms with Gasteiger partial charge >= 0.3 is 5.69 Å². The predicted molar refractivity (Wildman–Crippen MR) is 111 cm³/mol. The molecule has 29 heavy (non-hydrogen) atoms. The molecule has 0 fully saturated rings. The molecule has 0 spiro atoms. The highest BCUT2D eigenvalue weighted by molar-refractivity contribution is 7.89. The number of hydrogen-bond acceptors (Lipinski definition) is 4. The fourth-order valence-corrected chi connectivity index (χ4v) is 4.77. The van der Waals surface area contributed by atoms with E-state index in [0.29, 0.717) is 24.5 Å². The fraction of sp³-hybridized carbons (Fsp3) is 0.368. The molecular weight excluding hydrogens is 437 g/mol. The normalized spacial score (nSPS) is 14.6. The third-order valence-corrected chi connectivity index (χ3v) is 7.09. The second kappa shape index (κ2) is 9.40. The minimum Gasteiger partial charge on any atom is -0.299 e. The molecule has 2 aromatic rings. The van der Waals surface area contributed by atoms with Crippen LogP contribution in [0.1, 0.15) is 24.0 Å². The molecule has 2 N–H and O–H groups in total. The van der Waals surface area contributed by atoms with Gasteiger partial charge in [-0.25, -0.2) is 18.3 Å². The molecule has 0 aromatic heterocycles. The van der Waals surface area contributed by atoms with E-state index in [1.807, 2.05) is 6.07 Å². The molecular formula is C19H22Cl2N3O4S+. The van der Waals surface area contributed by atoms with Crippen LogP contribution < -0.4 is 4.72 Å². The number of halogens is 2. The Bertz CT molecular complexity index is 1010. The zero-order chi connectivity index (χ0) is 21.0. The topological polar surface area (TPSA) is 89.7 Å². The molecule has 2 aromatic carbocycles. The van der Waals surface area contributed by atoms with Crippen molar-refractivity contribution < 1.29 is 18.5 Å². The van der Waals surface area contributed by atoms with Crippen molar-refractivity contribution in [3.8, 4) is 0 Å². The molecule has 1 aliphatic heterocycles. The lowest BCUT2D eigenvalue weighted by Crippen LogP contribution is -2.32. The summed E-state index contributed by atoms with van der Waals surface area (Å²) in [6.45, 7) is 2.75. The van der Waals surface area contributed by atoms with Gasteiger partial charge in [-0.3, -0.25) is 4.90 Å².